The lowest BCUT2D eigenvalue weighted by Crippen LogP contribution is -2.35. The largest absolute Gasteiger partial charge is 0.479 e. The Kier molecular flexibility index (Phi) is 5.08. The van der Waals surface area contributed by atoms with E-state index in [9.17, 15) is 14.4 Å². The second-order valence-corrected chi connectivity index (χ2v) is 5.83. The molecule has 21 heavy (non-hydrogen) atoms. The highest BCUT2D eigenvalue weighted by molar-refractivity contribution is 8.23. The minimum absolute atomic E-state index is 0.0756. The molecule has 0 N–H and O–H groups in total. The molecule has 1 aliphatic rings. The van der Waals surface area contributed by atoms with Gasteiger partial charge in [-0.3, -0.25) is 19.3 Å². The third-order valence-corrected chi connectivity index (χ3v) is 4.12. The summed E-state index contributed by atoms with van der Waals surface area (Å²) in [7, 11) is 0. The summed E-state index contributed by atoms with van der Waals surface area (Å²) in [5.74, 6) is -1.04. The number of carbonyl (C=O) groups excluding carboxylic acids is 3. The van der Waals surface area contributed by atoms with Gasteiger partial charge in [-0.1, -0.05) is 23.9 Å². The minimum Gasteiger partial charge on any atom is -0.479 e. The van der Waals surface area contributed by atoms with Crippen molar-refractivity contribution < 1.29 is 19.1 Å². The molecular formula is C14H13NO4S2. The molecule has 0 bridgehead atoms. The molecule has 0 atom stereocenters. The molecule has 7 heteroatoms. The Morgan fingerprint density at radius 1 is 1.24 bits per heavy atom. The van der Waals surface area contributed by atoms with Crippen molar-refractivity contribution in [3.05, 3.63) is 35.4 Å². The molecule has 0 fully saturated rings. The fraction of sp³-hybridized carbons (Fsp3) is 0.286. The number of benzene rings is 1. The average Bonchev–Trinajstić information content (AvgIpc) is 2.71. The van der Waals surface area contributed by atoms with Gasteiger partial charge in [0.25, 0.3) is 11.8 Å². The van der Waals surface area contributed by atoms with E-state index in [1.54, 1.807) is 31.2 Å². The van der Waals surface area contributed by atoms with E-state index >= 15 is 0 Å². The van der Waals surface area contributed by atoms with Crippen LogP contribution in [0.1, 0.15) is 27.6 Å². The molecule has 1 aromatic carbocycles. The van der Waals surface area contributed by atoms with Crippen molar-refractivity contribution >= 4 is 46.0 Å². The lowest BCUT2D eigenvalue weighted by molar-refractivity contribution is -0.116. The molecule has 1 aliphatic heterocycles. The number of amides is 2. The van der Waals surface area contributed by atoms with E-state index in [2.05, 4.69) is 0 Å². The number of fused-ring (bicyclic) bond motifs is 1. The number of imide groups is 1. The molecule has 110 valence electrons. The first kappa shape index (κ1) is 15.7. The maximum absolute atomic E-state index is 12.1. The summed E-state index contributed by atoms with van der Waals surface area (Å²) >= 11 is 5.99. The molecule has 2 rings (SSSR count). The second-order valence-electron chi connectivity index (χ2n) is 4.25. The van der Waals surface area contributed by atoms with Crippen molar-refractivity contribution in [1.82, 2.24) is 4.90 Å². The maximum Gasteiger partial charge on any atom is 0.261 e. The first-order chi connectivity index (χ1) is 10.0. The molecule has 0 spiro atoms. The zero-order valence-electron chi connectivity index (χ0n) is 11.3. The highest BCUT2D eigenvalue weighted by Crippen LogP contribution is 2.22. The predicted molar refractivity (Wildman–Crippen MR) is 83.5 cm³/mol. The zero-order chi connectivity index (χ0) is 15.4. The molecule has 5 nitrogen and oxygen atoms in total. The Bertz CT molecular complexity index is 580. The van der Waals surface area contributed by atoms with Crippen LogP contribution in [0.4, 0.5) is 0 Å². The molecule has 0 saturated heterocycles. The van der Waals surface area contributed by atoms with E-state index in [1.807, 2.05) is 0 Å². The van der Waals surface area contributed by atoms with Crippen LogP contribution in [0.15, 0.2) is 24.3 Å². The van der Waals surface area contributed by atoms with E-state index in [1.165, 1.54) is 0 Å². The Morgan fingerprint density at radius 3 is 2.33 bits per heavy atom. The average molecular weight is 323 g/mol. The van der Waals surface area contributed by atoms with Gasteiger partial charge in [0.1, 0.15) is 0 Å². The van der Waals surface area contributed by atoms with E-state index in [0.717, 1.165) is 16.7 Å². The zero-order valence-corrected chi connectivity index (χ0v) is 13.0. The molecule has 1 heterocycles. The Balaban J connectivity index is 1.96. The van der Waals surface area contributed by atoms with E-state index in [-0.39, 0.29) is 22.5 Å². The van der Waals surface area contributed by atoms with Crippen molar-refractivity contribution in [2.45, 2.75) is 6.92 Å². The molecule has 2 amide bonds. The summed E-state index contributed by atoms with van der Waals surface area (Å²) in [5, 5.41) is 0. The predicted octanol–water partition coefficient (Wildman–Crippen LogP) is 1.91. The van der Waals surface area contributed by atoms with Crippen molar-refractivity contribution in [1.29, 1.82) is 0 Å². The van der Waals surface area contributed by atoms with Crippen LogP contribution in [-0.2, 0) is 9.53 Å². The number of nitrogens with zero attached hydrogens (tertiary/aromatic N) is 1. The normalized spacial score (nSPS) is 13.3. The number of Topliss-reactive ketones (excluding diaryl/α,β-unsaturated/α-hetero) is 1. The highest BCUT2D eigenvalue weighted by atomic mass is 32.2. The lowest BCUT2D eigenvalue weighted by atomic mass is 10.1. The van der Waals surface area contributed by atoms with Gasteiger partial charge < -0.3 is 4.74 Å². The SMILES string of the molecule is CCOC(=S)SCC(=O)CN1C(=O)c2ccccc2C1=O. The van der Waals surface area contributed by atoms with Crippen molar-refractivity contribution in [2.75, 3.05) is 18.9 Å². The van der Waals surface area contributed by atoms with Crippen LogP contribution in [0.3, 0.4) is 0 Å². The van der Waals surface area contributed by atoms with Crippen molar-refractivity contribution in [3.63, 3.8) is 0 Å². The molecule has 0 saturated carbocycles. The van der Waals surface area contributed by atoms with Gasteiger partial charge in [0.05, 0.1) is 30.0 Å². The molecule has 0 aliphatic carbocycles. The lowest BCUT2D eigenvalue weighted by Gasteiger charge is -2.12. The van der Waals surface area contributed by atoms with E-state index in [0.29, 0.717) is 17.7 Å². The summed E-state index contributed by atoms with van der Waals surface area (Å²) in [6.45, 7) is 2.00. The number of thiocarbonyl (C=S) groups is 1. The molecule has 0 aromatic heterocycles. The van der Waals surface area contributed by atoms with Gasteiger partial charge in [-0.2, -0.15) is 0 Å². The second kappa shape index (κ2) is 6.82. The summed E-state index contributed by atoms with van der Waals surface area (Å²) < 4.78 is 5.34. The first-order valence-corrected chi connectivity index (χ1v) is 7.70. The first-order valence-electron chi connectivity index (χ1n) is 6.31. The number of hydrogen-bond acceptors (Lipinski definition) is 6. The maximum atomic E-state index is 12.1. The van der Waals surface area contributed by atoms with Crippen LogP contribution in [0.25, 0.3) is 0 Å². The third kappa shape index (κ3) is 3.48. The molecular weight excluding hydrogens is 310 g/mol. The van der Waals surface area contributed by atoms with Gasteiger partial charge in [0.2, 0.25) is 4.38 Å². The van der Waals surface area contributed by atoms with E-state index < -0.39 is 11.8 Å². The summed E-state index contributed by atoms with van der Waals surface area (Å²) in [4.78, 5) is 37.0. The van der Waals surface area contributed by atoms with Gasteiger partial charge in [0, 0.05) is 0 Å². The van der Waals surface area contributed by atoms with Crippen LogP contribution in [0.2, 0.25) is 0 Å². The highest BCUT2D eigenvalue weighted by Gasteiger charge is 2.36. The third-order valence-electron chi connectivity index (χ3n) is 2.83. The Labute approximate surface area is 131 Å². The molecule has 0 unspecified atom stereocenters. The van der Waals surface area contributed by atoms with E-state index in [4.69, 9.17) is 17.0 Å². The van der Waals surface area contributed by atoms with Gasteiger partial charge in [-0.25, -0.2) is 0 Å². The summed E-state index contributed by atoms with van der Waals surface area (Å²) in [6.07, 6.45) is 0. The fourth-order valence-electron chi connectivity index (χ4n) is 1.90. The minimum atomic E-state index is -0.429. The summed E-state index contributed by atoms with van der Waals surface area (Å²) in [5.41, 5.74) is 0.681. The van der Waals surface area contributed by atoms with Crippen LogP contribution in [-0.4, -0.2) is 45.8 Å². The Morgan fingerprint density at radius 2 is 1.81 bits per heavy atom. The Hall–Kier alpha value is -1.73. The van der Waals surface area contributed by atoms with Gasteiger partial charge in [-0.05, 0) is 31.3 Å². The van der Waals surface area contributed by atoms with Crippen LogP contribution >= 0.6 is 24.0 Å². The van der Waals surface area contributed by atoms with Crippen LogP contribution in [0, 0.1) is 0 Å². The summed E-state index contributed by atoms with van der Waals surface area (Å²) in [6, 6.07) is 6.54. The fourth-order valence-corrected chi connectivity index (χ4v) is 2.77. The van der Waals surface area contributed by atoms with Crippen LogP contribution in [0.5, 0.6) is 0 Å². The smallest absolute Gasteiger partial charge is 0.261 e. The molecule has 0 radical (unpaired) electrons. The number of carbonyl (C=O) groups is 3. The number of rotatable bonds is 5. The van der Waals surface area contributed by atoms with Crippen molar-refractivity contribution in [2.24, 2.45) is 0 Å². The standard InChI is InChI=1S/C14H13NO4S2/c1-2-19-14(20)21-8-9(16)7-15-12(17)10-5-3-4-6-11(10)13(15)18/h3-6H,2,7-8H2,1H3. The van der Waals surface area contributed by atoms with Gasteiger partial charge >= 0.3 is 0 Å². The molecule has 1 aromatic rings. The monoisotopic (exact) mass is 323 g/mol. The number of ketones is 1. The number of ether oxygens (including phenoxy) is 1. The topological polar surface area (TPSA) is 63.7 Å². The quantitative estimate of drug-likeness (QED) is 0.609. The van der Waals surface area contributed by atoms with Gasteiger partial charge in [0.15, 0.2) is 5.78 Å². The van der Waals surface area contributed by atoms with Crippen LogP contribution < -0.4 is 0 Å². The van der Waals surface area contributed by atoms with Crippen molar-refractivity contribution in [3.8, 4) is 0 Å². The number of hydrogen-bond donors (Lipinski definition) is 0. The number of thioether (sulfide) groups is 1. The van der Waals surface area contributed by atoms with Gasteiger partial charge in [-0.15, -0.1) is 0 Å².